The molecule has 0 aromatic heterocycles. The van der Waals surface area contributed by atoms with Crippen LogP contribution in [0.2, 0.25) is 0 Å². The third-order valence-corrected chi connectivity index (χ3v) is 3.20. The van der Waals surface area contributed by atoms with Crippen molar-refractivity contribution < 1.29 is 19.4 Å². The lowest BCUT2D eigenvalue weighted by Gasteiger charge is -2.49. The van der Waals surface area contributed by atoms with E-state index in [1.54, 1.807) is 20.8 Å². The van der Waals surface area contributed by atoms with Crippen LogP contribution in [0.4, 0.5) is 9.18 Å². The van der Waals surface area contributed by atoms with Gasteiger partial charge in [-0.3, -0.25) is 0 Å². The summed E-state index contributed by atoms with van der Waals surface area (Å²) in [6.45, 7) is 6.94. The van der Waals surface area contributed by atoms with Crippen LogP contribution in [-0.2, 0) is 0 Å². The van der Waals surface area contributed by atoms with E-state index in [-0.39, 0.29) is 13.0 Å². The summed E-state index contributed by atoms with van der Waals surface area (Å²) in [7, 11) is 0. The minimum absolute atomic E-state index is 0.132. The van der Waals surface area contributed by atoms with Gasteiger partial charge in [-0.25, -0.2) is 9.18 Å². The van der Waals surface area contributed by atoms with E-state index in [1.165, 1.54) is 6.92 Å². The third kappa shape index (κ3) is 2.29. The van der Waals surface area contributed by atoms with E-state index in [4.69, 9.17) is 5.11 Å². The molecule has 3 atom stereocenters. The maximum absolute atomic E-state index is 14.2. The quantitative estimate of drug-likeness (QED) is 0.671. The third-order valence-electron chi connectivity index (χ3n) is 3.20. The molecule has 2 unspecified atom stereocenters. The van der Waals surface area contributed by atoms with Crippen LogP contribution in [-0.4, -0.2) is 45.6 Å². The van der Waals surface area contributed by atoms with Gasteiger partial charge in [-0.05, 0) is 18.8 Å². The summed E-state index contributed by atoms with van der Waals surface area (Å²) in [4.78, 5) is 12.1. The van der Waals surface area contributed by atoms with Crippen LogP contribution in [0.5, 0.6) is 0 Å². The van der Waals surface area contributed by atoms with Crippen molar-refractivity contribution in [3.05, 3.63) is 0 Å². The maximum atomic E-state index is 14.2. The highest BCUT2D eigenvalue weighted by atomic mass is 19.1. The van der Waals surface area contributed by atoms with Gasteiger partial charge in [-0.2, -0.15) is 0 Å². The van der Waals surface area contributed by atoms with Crippen molar-refractivity contribution in [2.75, 3.05) is 6.54 Å². The Hall–Kier alpha value is -0.840. The number of amides is 1. The molecule has 0 aromatic rings. The summed E-state index contributed by atoms with van der Waals surface area (Å²) < 4.78 is 14.2. The molecule has 1 fully saturated rings. The van der Waals surface area contributed by atoms with Gasteiger partial charge in [0.05, 0.1) is 11.6 Å². The fraction of sp³-hybridized carbons (Fsp3) is 0.909. The van der Waals surface area contributed by atoms with Crippen LogP contribution in [0.1, 0.15) is 34.1 Å². The maximum Gasteiger partial charge on any atom is 0.407 e. The molecule has 1 saturated heterocycles. The van der Waals surface area contributed by atoms with E-state index >= 15 is 0 Å². The lowest BCUT2D eigenvalue weighted by molar-refractivity contribution is -0.117. The predicted octanol–water partition coefficient (Wildman–Crippen LogP) is 1.87. The largest absolute Gasteiger partial charge is 0.465 e. The predicted molar refractivity (Wildman–Crippen MR) is 58.1 cm³/mol. The fourth-order valence-corrected chi connectivity index (χ4v) is 2.24. The second-order valence-corrected chi connectivity index (χ2v) is 5.80. The number of hydrogen-bond donors (Lipinski definition) is 2. The van der Waals surface area contributed by atoms with Gasteiger partial charge in [0.1, 0.15) is 6.17 Å². The van der Waals surface area contributed by atoms with E-state index < -0.39 is 29.3 Å². The first-order chi connectivity index (χ1) is 7.07. The van der Waals surface area contributed by atoms with Crippen molar-refractivity contribution in [1.29, 1.82) is 0 Å². The van der Waals surface area contributed by atoms with Gasteiger partial charge < -0.3 is 15.1 Å². The molecule has 1 aliphatic rings. The minimum Gasteiger partial charge on any atom is -0.465 e. The normalized spacial score (nSPS) is 36.2. The smallest absolute Gasteiger partial charge is 0.407 e. The lowest BCUT2D eigenvalue weighted by atomic mass is 9.74. The Bertz CT molecular complexity index is 285. The van der Waals surface area contributed by atoms with Crippen molar-refractivity contribution in [3.8, 4) is 0 Å². The molecule has 5 heteroatoms. The topological polar surface area (TPSA) is 60.8 Å². The highest BCUT2D eigenvalue weighted by Gasteiger charge is 2.51. The standard InChI is InChI=1S/C11H20FNO3/c1-10(2,3)8-7(12)11(4,16)5-6-13(8)9(14)15/h7-8,16H,5-6H2,1-4H3,(H,14,15)/t7-,8?,11?/m1/s1. The van der Waals surface area contributed by atoms with Gasteiger partial charge in [0, 0.05) is 6.54 Å². The Kier molecular flexibility index (Phi) is 3.20. The van der Waals surface area contributed by atoms with Crippen molar-refractivity contribution in [1.82, 2.24) is 4.90 Å². The number of carboxylic acid groups (broad SMARTS) is 1. The van der Waals surface area contributed by atoms with E-state index in [1.807, 2.05) is 0 Å². The molecule has 2 N–H and O–H groups in total. The fourth-order valence-electron chi connectivity index (χ4n) is 2.24. The minimum atomic E-state index is -1.56. The summed E-state index contributed by atoms with van der Waals surface area (Å²) in [5.74, 6) is 0. The monoisotopic (exact) mass is 233 g/mol. The first-order valence-corrected chi connectivity index (χ1v) is 5.43. The summed E-state index contributed by atoms with van der Waals surface area (Å²) >= 11 is 0. The average molecular weight is 233 g/mol. The van der Waals surface area contributed by atoms with Crippen molar-refractivity contribution in [2.45, 2.75) is 51.9 Å². The Balaban J connectivity index is 3.05. The summed E-state index contributed by atoms with van der Waals surface area (Å²) in [5.41, 5.74) is -1.98. The zero-order valence-corrected chi connectivity index (χ0v) is 10.2. The van der Waals surface area contributed by atoms with E-state index in [9.17, 15) is 14.3 Å². The first kappa shape index (κ1) is 13.2. The Morgan fingerprint density at radius 1 is 1.50 bits per heavy atom. The Labute approximate surface area is 95.1 Å². The highest BCUT2D eigenvalue weighted by Crippen LogP contribution is 2.38. The molecule has 0 spiro atoms. The Morgan fingerprint density at radius 3 is 2.38 bits per heavy atom. The SMILES string of the molecule is CC(C)(C)C1[C@@H](F)C(C)(O)CCN1C(=O)O. The van der Waals surface area contributed by atoms with Gasteiger partial charge in [0.2, 0.25) is 0 Å². The second kappa shape index (κ2) is 3.87. The highest BCUT2D eigenvalue weighted by molar-refractivity contribution is 5.66. The average Bonchev–Trinajstić information content (AvgIpc) is 2.06. The van der Waals surface area contributed by atoms with E-state index in [0.717, 1.165) is 4.90 Å². The lowest BCUT2D eigenvalue weighted by Crippen LogP contribution is -2.63. The van der Waals surface area contributed by atoms with Crippen molar-refractivity contribution >= 4 is 6.09 Å². The van der Waals surface area contributed by atoms with Gasteiger partial charge in [0.15, 0.2) is 0 Å². The number of carbonyl (C=O) groups is 1. The van der Waals surface area contributed by atoms with Gasteiger partial charge in [-0.15, -0.1) is 0 Å². The molecule has 1 heterocycles. The molecule has 0 radical (unpaired) electrons. The number of likely N-dealkylation sites (tertiary alicyclic amines) is 1. The molecule has 1 aliphatic heterocycles. The molecule has 94 valence electrons. The number of piperidine rings is 1. The molecule has 0 bridgehead atoms. The molecule has 0 aliphatic carbocycles. The van der Waals surface area contributed by atoms with Crippen molar-refractivity contribution in [3.63, 3.8) is 0 Å². The molecule has 1 rings (SSSR count). The zero-order valence-electron chi connectivity index (χ0n) is 10.2. The second-order valence-electron chi connectivity index (χ2n) is 5.80. The first-order valence-electron chi connectivity index (χ1n) is 5.43. The van der Waals surface area contributed by atoms with Crippen LogP contribution in [0.25, 0.3) is 0 Å². The van der Waals surface area contributed by atoms with Crippen LogP contribution < -0.4 is 0 Å². The van der Waals surface area contributed by atoms with Crippen molar-refractivity contribution in [2.24, 2.45) is 5.41 Å². The number of hydrogen-bond acceptors (Lipinski definition) is 2. The molecule has 16 heavy (non-hydrogen) atoms. The number of halogens is 1. The molecule has 0 saturated carbocycles. The van der Waals surface area contributed by atoms with Crippen LogP contribution in [0, 0.1) is 5.41 Å². The molecule has 0 aromatic carbocycles. The van der Waals surface area contributed by atoms with Crippen LogP contribution in [0.3, 0.4) is 0 Å². The van der Waals surface area contributed by atoms with E-state index in [2.05, 4.69) is 0 Å². The van der Waals surface area contributed by atoms with Gasteiger partial charge >= 0.3 is 6.09 Å². The summed E-state index contributed by atoms with van der Waals surface area (Å²) in [6, 6.07) is -0.811. The number of nitrogens with zero attached hydrogens (tertiary/aromatic N) is 1. The van der Waals surface area contributed by atoms with Crippen LogP contribution >= 0.6 is 0 Å². The zero-order chi connectivity index (χ0) is 12.7. The number of rotatable bonds is 0. The molecular weight excluding hydrogens is 213 g/mol. The summed E-state index contributed by atoms with van der Waals surface area (Å²) in [5, 5.41) is 18.9. The molecule has 1 amide bonds. The van der Waals surface area contributed by atoms with E-state index in [0.29, 0.717) is 0 Å². The Morgan fingerprint density at radius 2 is 2.00 bits per heavy atom. The summed E-state index contributed by atoms with van der Waals surface area (Å²) in [6.07, 6.45) is -2.55. The van der Waals surface area contributed by atoms with Crippen LogP contribution in [0.15, 0.2) is 0 Å². The van der Waals surface area contributed by atoms with Gasteiger partial charge in [-0.1, -0.05) is 20.8 Å². The van der Waals surface area contributed by atoms with Gasteiger partial charge in [0.25, 0.3) is 0 Å². The molecule has 4 nitrogen and oxygen atoms in total. The molecular formula is C11H20FNO3. The number of alkyl halides is 1. The number of aliphatic hydroxyl groups is 1.